The van der Waals surface area contributed by atoms with E-state index in [-0.39, 0.29) is 12.2 Å². The summed E-state index contributed by atoms with van der Waals surface area (Å²) in [6.45, 7) is 0.320. The molecule has 0 saturated carbocycles. The molecule has 1 aromatic heterocycles. The molecule has 0 aliphatic rings. The molecule has 13 nitrogen and oxygen atoms in total. The van der Waals surface area contributed by atoms with Gasteiger partial charge in [-0.1, -0.05) is 0 Å². The molecule has 0 spiro atoms. The van der Waals surface area contributed by atoms with Crippen molar-refractivity contribution in [2.75, 3.05) is 12.4 Å². The fourth-order valence-corrected chi connectivity index (χ4v) is 2.46. The van der Waals surface area contributed by atoms with Gasteiger partial charge in [0.25, 0.3) is 0 Å². The first-order chi connectivity index (χ1) is 14.1. The molecule has 0 radical (unpaired) electrons. The van der Waals surface area contributed by atoms with Crippen LogP contribution in [0.1, 0.15) is 12.6 Å². The van der Waals surface area contributed by atoms with Crippen LogP contribution >= 0.6 is 12.6 Å². The minimum Gasteiger partial charge on any atom is -0.480 e. The molecule has 5 atom stereocenters. The van der Waals surface area contributed by atoms with Crippen LogP contribution in [0.4, 0.5) is 0 Å². The van der Waals surface area contributed by atoms with Crippen LogP contribution in [0.25, 0.3) is 0 Å². The number of hydrogen-bond acceptors (Lipinski definition) is 9. The summed E-state index contributed by atoms with van der Waals surface area (Å²) in [6.07, 6.45) is 1.37. The number of carbonyl (C=O) groups is 4. The van der Waals surface area contributed by atoms with Crippen molar-refractivity contribution < 1.29 is 34.5 Å². The predicted octanol–water partition coefficient (Wildman–Crippen LogP) is -3.88. The molecule has 0 bridgehead atoms. The number of nitrogens with one attached hydrogen (secondary N) is 4. The van der Waals surface area contributed by atoms with Crippen molar-refractivity contribution in [1.29, 1.82) is 0 Å². The third-order valence-electron chi connectivity index (χ3n) is 4.01. The highest BCUT2D eigenvalue weighted by atomic mass is 32.1. The smallest absolute Gasteiger partial charge is 0.328 e. The number of aliphatic hydroxyl groups is 2. The van der Waals surface area contributed by atoms with E-state index in [1.54, 1.807) is 0 Å². The quantitative estimate of drug-likeness (QED) is 0.143. The van der Waals surface area contributed by atoms with Crippen LogP contribution in [0, 0.1) is 0 Å². The molecule has 0 aromatic carbocycles. The van der Waals surface area contributed by atoms with Crippen molar-refractivity contribution in [2.24, 2.45) is 5.73 Å². The number of nitrogens with zero attached hydrogens (tertiary/aromatic N) is 1. The first-order valence-electron chi connectivity index (χ1n) is 8.87. The number of aromatic nitrogens is 2. The van der Waals surface area contributed by atoms with Crippen LogP contribution in [-0.4, -0.2) is 91.6 Å². The van der Waals surface area contributed by atoms with E-state index < -0.39 is 60.6 Å². The lowest BCUT2D eigenvalue weighted by Gasteiger charge is -2.26. The minimum absolute atomic E-state index is 0.0284. The van der Waals surface area contributed by atoms with Crippen molar-refractivity contribution in [1.82, 2.24) is 25.9 Å². The summed E-state index contributed by atoms with van der Waals surface area (Å²) in [5, 5.41) is 34.6. The van der Waals surface area contributed by atoms with Crippen LogP contribution < -0.4 is 21.7 Å². The maximum absolute atomic E-state index is 12.7. The molecule has 0 fully saturated rings. The topological polar surface area (TPSA) is 220 Å². The van der Waals surface area contributed by atoms with Gasteiger partial charge in [0.05, 0.1) is 25.1 Å². The van der Waals surface area contributed by atoms with Crippen LogP contribution in [0.5, 0.6) is 0 Å². The van der Waals surface area contributed by atoms with Gasteiger partial charge >= 0.3 is 5.97 Å². The molecule has 0 saturated heterocycles. The number of hydrogen-bond donors (Lipinski definition) is 9. The molecule has 0 aliphatic carbocycles. The van der Waals surface area contributed by atoms with E-state index in [0.29, 0.717) is 5.69 Å². The van der Waals surface area contributed by atoms with Gasteiger partial charge in [-0.15, -0.1) is 0 Å². The van der Waals surface area contributed by atoms with Gasteiger partial charge < -0.3 is 42.0 Å². The summed E-state index contributed by atoms with van der Waals surface area (Å²) in [5.41, 5.74) is 6.11. The average Bonchev–Trinajstić information content (AvgIpc) is 3.21. The molecule has 0 aliphatic heterocycles. The number of rotatable bonds is 12. The van der Waals surface area contributed by atoms with Crippen molar-refractivity contribution in [3.8, 4) is 0 Å². The number of thiol groups is 1. The Morgan fingerprint density at radius 2 is 1.80 bits per heavy atom. The average molecular weight is 446 g/mol. The Kier molecular flexibility index (Phi) is 10.2. The van der Waals surface area contributed by atoms with Crippen molar-refractivity contribution in [3.05, 3.63) is 18.2 Å². The van der Waals surface area contributed by atoms with Crippen LogP contribution in [0.2, 0.25) is 0 Å². The van der Waals surface area contributed by atoms with Crippen molar-refractivity contribution in [3.63, 3.8) is 0 Å². The SMILES string of the molecule is CC(O)C(NC(=O)C(Cc1cnc[nH]1)NC(=O)C(N)CS)C(=O)NC(CO)C(=O)O. The lowest BCUT2D eigenvalue weighted by atomic mass is 10.1. The fourth-order valence-electron chi connectivity index (χ4n) is 2.29. The third kappa shape index (κ3) is 7.62. The second kappa shape index (κ2) is 12.1. The Balaban J connectivity index is 2.97. The molecule has 1 rings (SSSR count). The Morgan fingerprint density at radius 1 is 1.17 bits per heavy atom. The molecule has 3 amide bonds. The second-order valence-electron chi connectivity index (χ2n) is 6.44. The zero-order chi connectivity index (χ0) is 22.8. The van der Waals surface area contributed by atoms with E-state index in [1.807, 2.05) is 5.32 Å². The van der Waals surface area contributed by atoms with Gasteiger partial charge in [-0.2, -0.15) is 12.6 Å². The number of H-pyrrole nitrogens is 1. The molecule has 5 unspecified atom stereocenters. The summed E-state index contributed by atoms with van der Waals surface area (Å²) < 4.78 is 0. The van der Waals surface area contributed by atoms with Gasteiger partial charge in [0.15, 0.2) is 0 Å². The van der Waals surface area contributed by atoms with E-state index in [0.717, 1.165) is 0 Å². The van der Waals surface area contributed by atoms with Crippen molar-refractivity contribution in [2.45, 2.75) is 43.6 Å². The Hall–Kier alpha value is -2.68. The number of carboxylic acids is 1. The molecule has 1 heterocycles. The lowest BCUT2D eigenvalue weighted by Crippen LogP contribution is -2.60. The maximum atomic E-state index is 12.7. The first kappa shape index (κ1) is 25.4. The maximum Gasteiger partial charge on any atom is 0.328 e. The predicted molar refractivity (Wildman–Crippen MR) is 106 cm³/mol. The number of nitrogens with two attached hydrogens (primary N) is 1. The molecule has 168 valence electrons. The fraction of sp³-hybridized carbons (Fsp3) is 0.562. The largest absolute Gasteiger partial charge is 0.480 e. The zero-order valence-electron chi connectivity index (χ0n) is 16.1. The number of imidazole rings is 1. The van der Waals surface area contributed by atoms with E-state index in [9.17, 15) is 24.3 Å². The van der Waals surface area contributed by atoms with Gasteiger partial charge in [-0.05, 0) is 6.92 Å². The number of amides is 3. The summed E-state index contributed by atoms with van der Waals surface area (Å²) in [5.74, 6) is -3.99. The summed E-state index contributed by atoms with van der Waals surface area (Å²) in [6, 6.07) is -5.34. The van der Waals surface area contributed by atoms with E-state index in [4.69, 9.17) is 15.9 Å². The summed E-state index contributed by atoms with van der Waals surface area (Å²) >= 11 is 3.93. The van der Waals surface area contributed by atoms with Gasteiger partial charge in [-0.3, -0.25) is 14.4 Å². The second-order valence-corrected chi connectivity index (χ2v) is 6.81. The van der Waals surface area contributed by atoms with Crippen LogP contribution in [-0.2, 0) is 25.6 Å². The Morgan fingerprint density at radius 3 is 2.27 bits per heavy atom. The zero-order valence-corrected chi connectivity index (χ0v) is 17.0. The van der Waals surface area contributed by atoms with E-state index in [2.05, 4.69) is 33.2 Å². The monoisotopic (exact) mass is 446 g/mol. The Bertz CT molecular complexity index is 730. The molecule has 1 aromatic rings. The highest BCUT2D eigenvalue weighted by Gasteiger charge is 2.32. The molecule has 14 heteroatoms. The number of aliphatic hydroxyl groups excluding tert-OH is 2. The standard InChI is InChI=1S/C16H26N6O7S/c1-7(24)12(15(27)21-11(4-23)16(28)29)22-14(26)10(2-8-3-18-6-19-8)20-13(25)9(17)5-30/h3,6-7,9-12,23-24,30H,2,4-5,17H2,1H3,(H,18,19)(H,20,25)(H,21,27)(H,22,26)(H,28,29). The number of carboxylic acid groups (broad SMARTS) is 1. The lowest BCUT2D eigenvalue weighted by molar-refractivity contribution is -0.144. The molecule has 30 heavy (non-hydrogen) atoms. The van der Waals surface area contributed by atoms with Gasteiger partial charge in [-0.25, -0.2) is 9.78 Å². The van der Waals surface area contributed by atoms with Gasteiger partial charge in [0.1, 0.15) is 18.1 Å². The van der Waals surface area contributed by atoms with E-state index in [1.165, 1.54) is 19.4 Å². The third-order valence-corrected chi connectivity index (χ3v) is 4.40. The summed E-state index contributed by atoms with van der Waals surface area (Å²) in [4.78, 5) is 54.8. The van der Waals surface area contributed by atoms with Gasteiger partial charge in [0, 0.05) is 24.1 Å². The van der Waals surface area contributed by atoms with Crippen molar-refractivity contribution >= 4 is 36.3 Å². The highest BCUT2D eigenvalue weighted by Crippen LogP contribution is 2.03. The normalized spacial score (nSPS) is 15.9. The van der Waals surface area contributed by atoms with Crippen LogP contribution in [0.15, 0.2) is 12.5 Å². The number of aromatic amines is 1. The summed E-state index contributed by atoms with van der Waals surface area (Å²) in [7, 11) is 0. The molecular weight excluding hydrogens is 420 g/mol. The Labute approximate surface area is 177 Å². The number of carbonyl (C=O) groups excluding carboxylic acids is 3. The van der Waals surface area contributed by atoms with E-state index >= 15 is 0 Å². The molecular formula is C16H26N6O7S. The van der Waals surface area contributed by atoms with Gasteiger partial charge in [0.2, 0.25) is 17.7 Å². The minimum atomic E-state index is -1.62. The molecule has 9 N–H and O–H groups in total. The van der Waals surface area contributed by atoms with Crippen LogP contribution in [0.3, 0.4) is 0 Å². The number of aliphatic carboxylic acids is 1. The first-order valence-corrected chi connectivity index (χ1v) is 9.50. The highest BCUT2D eigenvalue weighted by molar-refractivity contribution is 7.80.